The number of rotatable bonds is 5. The fourth-order valence-corrected chi connectivity index (χ4v) is 5.56. The maximum absolute atomic E-state index is 12.6. The molecular formula is C27H35N3O2. The van der Waals surface area contributed by atoms with E-state index in [1.807, 2.05) is 4.90 Å². The molecule has 0 saturated carbocycles. The first-order valence-corrected chi connectivity index (χ1v) is 12.1. The molecule has 2 aromatic rings. The quantitative estimate of drug-likeness (QED) is 0.716. The number of fused-ring (bicyclic) bond motifs is 1. The van der Waals surface area contributed by atoms with Gasteiger partial charge in [-0.1, -0.05) is 31.2 Å². The predicted octanol–water partition coefficient (Wildman–Crippen LogP) is 4.28. The van der Waals surface area contributed by atoms with Crippen LogP contribution in [0.5, 0.6) is 0 Å². The summed E-state index contributed by atoms with van der Waals surface area (Å²) in [7, 11) is 0. The molecular weight excluding hydrogens is 398 g/mol. The summed E-state index contributed by atoms with van der Waals surface area (Å²) in [4.78, 5) is 17.0. The van der Waals surface area contributed by atoms with Crippen LogP contribution >= 0.6 is 0 Å². The van der Waals surface area contributed by atoms with E-state index >= 15 is 0 Å². The molecule has 5 rings (SSSR count). The van der Waals surface area contributed by atoms with E-state index in [0.717, 1.165) is 51.4 Å². The molecule has 1 N–H and O–H groups in total. The van der Waals surface area contributed by atoms with E-state index in [2.05, 4.69) is 66.5 Å². The topological polar surface area (TPSA) is 54.7 Å². The number of carbonyl (C=O) groups is 1. The summed E-state index contributed by atoms with van der Waals surface area (Å²) in [6.45, 7) is 10.7. The van der Waals surface area contributed by atoms with Crippen molar-refractivity contribution in [3.8, 4) is 0 Å². The fourth-order valence-electron chi connectivity index (χ4n) is 5.56. The summed E-state index contributed by atoms with van der Waals surface area (Å²) in [5.41, 5.74) is 6.47. The largest absolute Gasteiger partial charge is 0.378 e. The number of morpholine rings is 1. The van der Waals surface area contributed by atoms with Crippen LogP contribution in [0.4, 0.5) is 11.4 Å². The number of anilines is 2. The Morgan fingerprint density at radius 2 is 1.81 bits per heavy atom. The van der Waals surface area contributed by atoms with Crippen LogP contribution in [-0.4, -0.2) is 44.8 Å². The highest BCUT2D eigenvalue weighted by Gasteiger charge is 2.38. The summed E-state index contributed by atoms with van der Waals surface area (Å²) in [6.07, 6.45) is 2.15. The van der Waals surface area contributed by atoms with Gasteiger partial charge in [0.1, 0.15) is 0 Å². The van der Waals surface area contributed by atoms with Gasteiger partial charge in [-0.05, 0) is 66.5 Å². The third kappa shape index (κ3) is 4.16. The SMILES string of the molecule is CC(=O)N1c2ccc(N3CCOCC3)cc2[C@H](CCc2ccc(C3CN3)cc2)[C@@H](C)[C@@H]1C. The summed E-state index contributed by atoms with van der Waals surface area (Å²) in [5, 5.41) is 3.38. The van der Waals surface area contributed by atoms with Gasteiger partial charge in [-0.15, -0.1) is 0 Å². The second kappa shape index (κ2) is 8.87. The Bertz CT molecular complexity index is 963. The zero-order chi connectivity index (χ0) is 22.2. The molecule has 5 nitrogen and oxygen atoms in total. The number of ether oxygens (including phenoxy) is 1. The molecule has 3 aliphatic rings. The van der Waals surface area contributed by atoms with Crippen LogP contribution in [0.25, 0.3) is 0 Å². The smallest absolute Gasteiger partial charge is 0.224 e. The molecule has 0 radical (unpaired) electrons. The van der Waals surface area contributed by atoms with Crippen molar-refractivity contribution in [2.75, 3.05) is 42.6 Å². The van der Waals surface area contributed by atoms with Crippen LogP contribution in [0.3, 0.4) is 0 Å². The van der Waals surface area contributed by atoms with E-state index < -0.39 is 0 Å². The van der Waals surface area contributed by atoms with E-state index in [1.165, 1.54) is 22.4 Å². The van der Waals surface area contributed by atoms with Crippen LogP contribution < -0.4 is 15.1 Å². The predicted molar refractivity (Wildman–Crippen MR) is 130 cm³/mol. The number of nitrogens with one attached hydrogen (secondary N) is 1. The van der Waals surface area contributed by atoms with Crippen LogP contribution in [0.15, 0.2) is 42.5 Å². The second-order valence-corrected chi connectivity index (χ2v) is 9.68. The number of carbonyl (C=O) groups excluding carboxylic acids is 1. The number of hydrogen-bond donors (Lipinski definition) is 1. The monoisotopic (exact) mass is 433 g/mol. The van der Waals surface area contributed by atoms with Gasteiger partial charge in [0.2, 0.25) is 5.91 Å². The van der Waals surface area contributed by atoms with Gasteiger partial charge in [0.25, 0.3) is 0 Å². The maximum Gasteiger partial charge on any atom is 0.224 e. The van der Waals surface area contributed by atoms with Crippen molar-refractivity contribution in [3.63, 3.8) is 0 Å². The highest BCUT2D eigenvalue weighted by atomic mass is 16.5. The van der Waals surface area contributed by atoms with Crippen molar-refractivity contribution in [3.05, 3.63) is 59.2 Å². The summed E-state index contributed by atoms with van der Waals surface area (Å²) >= 11 is 0. The van der Waals surface area contributed by atoms with Gasteiger partial charge in [0.15, 0.2) is 0 Å². The molecule has 0 aromatic heterocycles. The molecule has 0 aliphatic carbocycles. The van der Waals surface area contributed by atoms with E-state index in [-0.39, 0.29) is 11.9 Å². The van der Waals surface area contributed by atoms with Crippen LogP contribution in [0.2, 0.25) is 0 Å². The summed E-state index contributed by atoms with van der Waals surface area (Å²) < 4.78 is 5.55. The fraction of sp³-hybridized carbons (Fsp3) is 0.519. The Kier molecular flexibility index (Phi) is 5.95. The lowest BCUT2D eigenvalue weighted by Crippen LogP contribution is -2.47. The van der Waals surface area contributed by atoms with Gasteiger partial charge in [-0.2, -0.15) is 0 Å². The number of nitrogens with zero attached hydrogens (tertiary/aromatic N) is 2. The Morgan fingerprint density at radius 3 is 2.47 bits per heavy atom. The van der Waals surface area contributed by atoms with Gasteiger partial charge in [-0.25, -0.2) is 0 Å². The zero-order valence-electron chi connectivity index (χ0n) is 19.5. The third-order valence-corrected chi connectivity index (χ3v) is 7.72. The zero-order valence-corrected chi connectivity index (χ0v) is 19.5. The minimum atomic E-state index is 0.132. The normalized spacial score (nSPS) is 27.2. The maximum atomic E-state index is 12.6. The van der Waals surface area contributed by atoms with Gasteiger partial charge in [0.05, 0.1) is 13.2 Å². The lowest BCUT2D eigenvalue weighted by molar-refractivity contribution is -0.117. The molecule has 5 heteroatoms. The van der Waals surface area contributed by atoms with Crippen molar-refractivity contribution < 1.29 is 9.53 Å². The number of hydrogen-bond acceptors (Lipinski definition) is 4. The van der Waals surface area contributed by atoms with Crippen LogP contribution in [0, 0.1) is 5.92 Å². The number of aryl methyl sites for hydroxylation is 1. The highest BCUT2D eigenvalue weighted by Crippen LogP contribution is 2.45. The molecule has 3 heterocycles. The number of amides is 1. The van der Waals surface area contributed by atoms with Gasteiger partial charge < -0.3 is 19.9 Å². The van der Waals surface area contributed by atoms with Crippen molar-refractivity contribution >= 4 is 17.3 Å². The van der Waals surface area contributed by atoms with Crippen molar-refractivity contribution in [1.82, 2.24) is 5.32 Å². The molecule has 0 bridgehead atoms. The van der Waals surface area contributed by atoms with Gasteiger partial charge in [-0.3, -0.25) is 4.79 Å². The van der Waals surface area contributed by atoms with E-state index in [9.17, 15) is 4.79 Å². The van der Waals surface area contributed by atoms with E-state index in [0.29, 0.717) is 17.9 Å². The Morgan fingerprint density at radius 1 is 1.09 bits per heavy atom. The average molecular weight is 434 g/mol. The second-order valence-electron chi connectivity index (χ2n) is 9.68. The molecule has 1 unspecified atom stereocenters. The first-order valence-electron chi connectivity index (χ1n) is 12.1. The highest BCUT2D eigenvalue weighted by molar-refractivity contribution is 5.94. The Labute approximate surface area is 191 Å². The van der Waals surface area contributed by atoms with Crippen LogP contribution in [0.1, 0.15) is 55.8 Å². The third-order valence-electron chi connectivity index (χ3n) is 7.72. The van der Waals surface area contributed by atoms with Crippen molar-refractivity contribution in [2.24, 2.45) is 5.92 Å². The van der Waals surface area contributed by atoms with Crippen molar-refractivity contribution in [2.45, 2.75) is 51.6 Å². The molecule has 2 saturated heterocycles. The lowest BCUT2D eigenvalue weighted by atomic mass is 9.75. The molecule has 1 amide bonds. The average Bonchev–Trinajstić information content (AvgIpc) is 3.65. The molecule has 170 valence electrons. The molecule has 2 fully saturated rings. The first kappa shape index (κ1) is 21.5. The van der Waals surface area contributed by atoms with Crippen LogP contribution in [-0.2, 0) is 16.0 Å². The van der Waals surface area contributed by atoms with Gasteiger partial charge in [0, 0.05) is 50.0 Å². The van der Waals surface area contributed by atoms with E-state index in [1.54, 1.807) is 6.92 Å². The minimum Gasteiger partial charge on any atom is -0.378 e. The molecule has 32 heavy (non-hydrogen) atoms. The Balaban J connectivity index is 1.42. The van der Waals surface area contributed by atoms with Gasteiger partial charge >= 0.3 is 0 Å². The molecule has 4 atom stereocenters. The minimum absolute atomic E-state index is 0.132. The first-order chi connectivity index (χ1) is 15.5. The summed E-state index contributed by atoms with van der Waals surface area (Å²) in [6, 6.07) is 16.6. The number of benzene rings is 2. The summed E-state index contributed by atoms with van der Waals surface area (Å²) in [5.74, 6) is 0.968. The Hall–Kier alpha value is -2.37. The lowest BCUT2D eigenvalue weighted by Gasteiger charge is -2.44. The molecule has 0 spiro atoms. The molecule has 3 aliphatic heterocycles. The van der Waals surface area contributed by atoms with Crippen molar-refractivity contribution in [1.29, 1.82) is 0 Å². The standard InChI is InChI=1S/C27H35N3O2/c1-18-19(2)30(20(3)31)27-11-9-23(29-12-14-32-15-13-29)16-25(27)24(18)10-6-21-4-7-22(8-5-21)26-17-28-26/h4-5,7-9,11,16,18-19,24,26,28H,6,10,12-15,17H2,1-3H3/t18-,19-,24+,26?/m0/s1. The molecule has 2 aromatic carbocycles. The van der Waals surface area contributed by atoms with E-state index in [4.69, 9.17) is 4.74 Å².